The van der Waals surface area contributed by atoms with E-state index in [0.717, 1.165) is 54.3 Å². The van der Waals surface area contributed by atoms with Gasteiger partial charge in [-0.05, 0) is 122 Å². The van der Waals surface area contributed by atoms with Gasteiger partial charge in [-0.3, -0.25) is 0 Å². The average Bonchev–Trinajstić information content (AvgIpc) is 3.16. The van der Waals surface area contributed by atoms with Crippen molar-refractivity contribution in [1.29, 1.82) is 0 Å². The van der Waals surface area contributed by atoms with Gasteiger partial charge < -0.3 is 27.1 Å². The second-order valence-electron chi connectivity index (χ2n) is 16.9. The highest BCUT2D eigenvalue weighted by molar-refractivity contribution is 7.99. The number of para-hydroxylation sites is 4. The third kappa shape index (κ3) is 11.3. The standard InChI is InChI=1S/C50H56O6P2S/c1-33-29-39(49(7,8)9)47(55-57(51-41-25-17-13-21-35(41)3)52-42-26-18-14-22-36(42)4)45(31-33)59-46-32-34(2)30-40(50(10,11)12)48(46)56-58(53-43-27-19-15-23-37(43)5)54-44-28-20-16-24-38(44)6/h13-32H,1-12H3. The van der Waals surface area contributed by atoms with E-state index in [4.69, 9.17) is 27.1 Å². The molecule has 0 unspecified atom stereocenters. The van der Waals surface area contributed by atoms with E-state index in [0.29, 0.717) is 34.5 Å². The minimum atomic E-state index is -1.98. The van der Waals surface area contributed by atoms with Crippen LogP contribution in [0.4, 0.5) is 0 Å². The molecule has 0 N–H and O–H groups in total. The van der Waals surface area contributed by atoms with E-state index in [1.807, 2.05) is 125 Å². The van der Waals surface area contributed by atoms with Crippen molar-refractivity contribution in [2.24, 2.45) is 0 Å². The molecule has 0 spiro atoms. The van der Waals surface area contributed by atoms with Crippen molar-refractivity contribution in [3.63, 3.8) is 0 Å². The number of rotatable bonds is 14. The van der Waals surface area contributed by atoms with E-state index in [1.54, 1.807) is 11.8 Å². The van der Waals surface area contributed by atoms with Gasteiger partial charge in [0.05, 0.1) is 9.79 Å². The summed E-state index contributed by atoms with van der Waals surface area (Å²) in [6, 6.07) is 40.5. The Morgan fingerprint density at radius 1 is 0.373 bits per heavy atom. The molecule has 308 valence electrons. The van der Waals surface area contributed by atoms with Gasteiger partial charge in [0.2, 0.25) is 0 Å². The predicted octanol–water partition coefficient (Wildman–Crippen LogP) is 15.8. The Balaban J connectivity index is 1.49. The first-order valence-corrected chi connectivity index (χ1v) is 22.9. The van der Waals surface area contributed by atoms with Gasteiger partial charge in [0.15, 0.2) is 0 Å². The summed E-state index contributed by atoms with van der Waals surface area (Å²) in [5.74, 6) is 4.19. The molecular formula is C50H56O6P2S. The molecule has 9 heteroatoms. The normalized spacial score (nSPS) is 11.8. The Morgan fingerprint density at radius 3 is 0.898 bits per heavy atom. The van der Waals surface area contributed by atoms with E-state index in [9.17, 15) is 0 Å². The highest BCUT2D eigenvalue weighted by atomic mass is 32.2. The lowest BCUT2D eigenvalue weighted by molar-refractivity contribution is 0.376. The topological polar surface area (TPSA) is 55.4 Å². The molecule has 0 aliphatic heterocycles. The van der Waals surface area contributed by atoms with Crippen LogP contribution in [0, 0.1) is 41.5 Å². The third-order valence-electron chi connectivity index (χ3n) is 9.63. The Labute approximate surface area is 358 Å². The largest absolute Gasteiger partial charge is 0.530 e. The maximum absolute atomic E-state index is 7.09. The minimum absolute atomic E-state index is 0.289. The van der Waals surface area contributed by atoms with Crippen LogP contribution in [0.3, 0.4) is 0 Å². The molecule has 0 aliphatic carbocycles. The summed E-state index contributed by atoms with van der Waals surface area (Å²) in [7, 11) is -3.97. The molecule has 0 fully saturated rings. The molecule has 0 radical (unpaired) electrons. The summed E-state index contributed by atoms with van der Waals surface area (Å²) >= 11 is 1.60. The van der Waals surface area contributed by atoms with Gasteiger partial charge in [0.1, 0.15) is 34.5 Å². The summed E-state index contributed by atoms with van der Waals surface area (Å²) < 4.78 is 40.8. The van der Waals surface area contributed by atoms with Gasteiger partial charge in [-0.1, -0.05) is 138 Å². The Kier molecular flexibility index (Phi) is 13.9. The van der Waals surface area contributed by atoms with Crippen molar-refractivity contribution in [1.82, 2.24) is 0 Å². The van der Waals surface area contributed by atoms with Gasteiger partial charge in [-0.25, -0.2) is 0 Å². The van der Waals surface area contributed by atoms with Gasteiger partial charge in [0, 0.05) is 11.1 Å². The molecule has 0 bridgehead atoms. The lowest BCUT2D eigenvalue weighted by Gasteiger charge is -2.29. The van der Waals surface area contributed by atoms with E-state index in [1.165, 1.54) is 0 Å². The summed E-state index contributed by atoms with van der Waals surface area (Å²) in [6.07, 6.45) is 0. The highest BCUT2D eigenvalue weighted by Crippen LogP contribution is 2.55. The number of hydrogen-bond acceptors (Lipinski definition) is 7. The second-order valence-corrected chi connectivity index (χ2v) is 20.0. The molecule has 6 aromatic carbocycles. The molecule has 0 saturated heterocycles. The van der Waals surface area contributed by atoms with Gasteiger partial charge in [-0.15, -0.1) is 0 Å². The summed E-state index contributed by atoms with van der Waals surface area (Å²) in [4.78, 5) is 1.81. The van der Waals surface area contributed by atoms with Crippen molar-refractivity contribution in [2.45, 2.75) is 104 Å². The summed E-state index contributed by atoms with van der Waals surface area (Å²) in [6.45, 7) is 25.6. The zero-order valence-electron chi connectivity index (χ0n) is 36.3. The van der Waals surface area contributed by atoms with Crippen LogP contribution < -0.4 is 27.1 Å². The van der Waals surface area contributed by atoms with E-state index in [-0.39, 0.29) is 10.8 Å². The fraction of sp³-hybridized carbons (Fsp3) is 0.280. The van der Waals surface area contributed by atoms with Crippen LogP contribution in [0.15, 0.2) is 131 Å². The van der Waals surface area contributed by atoms with Crippen molar-refractivity contribution in [2.75, 3.05) is 0 Å². The molecule has 6 nitrogen and oxygen atoms in total. The van der Waals surface area contributed by atoms with Gasteiger partial charge >= 0.3 is 17.2 Å². The zero-order chi connectivity index (χ0) is 42.5. The minimum Gasteiger partial charge on any atom is -0.408 e. The quantitative estimate of drug-likeness (QED) is 0.101. The lowest BCUT2D eigenvalue weighted by atomic mass is 9.85. The second kappa shape index (κ2) is 18.7. The molecule has 0 aromatic heterocycles. The predicted molar refractivity (Wildman–Crippen MR) is 246 cm³/mol. The van der Waals surface area contributed by atoms with Crippen molar-refractivity contribution >= 4 is 29.0 Å². The van der Waals surface area contributed by atoms with Crippen LogP contribution in [-0.4, -0.2) is 0 Å². The molecule has 0 aliphatic rings. The summed E-state index contributed by atoms with van der Waals surface area (Å²) in [5.41, 5.74) is 7.65. The van der Waals surface area contributed by atoms with Crippen LogP contribution in [-0.2, 0) is 10.8 Å². The van der Waals surface area contributed by atoms with E-state index < -0.39 is 17.2 Å². The monoisotopic (exact) mass is 846 g/mol. The molecular weight excluding hydrogens is 791 g/mol. The van der Waals surface area contributed by atoms with Crippen LogP contribution in [0.1, 0.15) is 86.1 Å². The van der Waals surface area contributed by atoms with Crippen molar-refractivity contribution in [3.8, 4) is 34.5 Å². The van der Waals surface area contributed by atoms with Crippen LogP contribution >= 0.6 is 29.0 Å². The number of aryl methyl sites for hydroxylation is 6. The molecule has 0 atom stereocenters. The van der Waals surface area contributed by atoms with Gasteiger partial charge in [-0.2, -0.15) is 0 Å². The zero-order valence-corrected chi connectivity index (χ0v) is 38.9. The smallest absolute Gasteiger partial charge is 0.408 e. The molecule has 0 saturated carbocycles. The molecule has 0 amide bonds. The maximum Gasteiger partial charge on any atom is 0.530 e. The fourth-order valence-electron chi connectivity index (χ4n) is 6.27. The number of benzene rings is 6. The molecule has 6 rings (SSSR count). The Bertz CT molecular complexity index is 2140. The molecule has 59 heavy (non-hydrogen) atoms. The van der Waals surface area contributed by atoms with E-state index in [2.05, 4.69) is 79.7 Å². The van der Waals surface area contributed by atoms with Crippen molar-refractivity contribution < 1.29 is 27.1 Å². The van der Waals surface area contributed by atoms with Crippen LogP contribution in [0.5, 0.6) is 34.5 Å². The Morgan fingerprint density at radius 2 is 0.644 bits per heavy atom. The Hall–Kier alpha value is -4.67. The average molecular weight is 847 g/mol. The SMILES string of the molecule is Cc1cc(Sc2cc(C)cc(C(C)(C)C)c2OP(Oc2ccccc2C)Oc2ccccc2C)c(OP(Oc2ccccc2C)Oc2ccccc2C)c(C(C)(C)C)c1. The fourth-order valence-corrected chi connectivity index (χ4v) is 9.99. The first kappa shape index (κ1) is 43.9. The highest BCUT2D eigenvalue weighted by Gasteiger charge is 2.33. The number of hydrogen-bond donors (Lipinski definition) is 0. The molecule has 6 aromatic rings. The van der Waals surface area contributed by atoms with Crippen LogP contribution in [0.2, 0.25) is 0 Å². The maximum atomic E-state index is 7.09. The summed E-state index contributed by atoms with van der Waals surface area (Å²) in [5, 5.41) is 0. The lowest BCUT2D eigenvalue weighted by Crippen LogP contribution is -2.16. The van der Waals surface area contributed by atoms with Crippen molar-refractivity contribution in [3.05, 3.63) is 166 Å². The van der Waals surface area contributed by atoms with Gasteiger partial charge in [0.25, 0.3) is 0 Å². The third-order valence-corrected chi connectivity index (χ3v) is 12.7. The van der Waals surface area contributed by atoms with Crippen LogP contribution in [0.25, 0.3) is 0 Å². The van der Waals surface area contributed by atoms with E-state index >= 15 is 0 Å². The first-order valence-electron chi connectivity index (χ1n) is 19.8. The first-order chi connectivity index (χ1) is 28.0. The molecule has 0 heterocycles.